The summed E-state index contributed by atoms with van der Waals surface area (Å²) in [4.78, 5) is 29.3. The standard InChI is InChI=1S/C20H32O4/c1-13(2)8-17(21)9-14(3)16-6-7-19(5)12-18(22)10-15(4)20(19,11-16)24-23/h10,13-14,16,23H,6-9,11-12H2,1-5H3/t14?,16-,19+,20-/m0/s1. The Labute approximate surface area is 145 Å². The Morgan fingerprint density at radius 2 is 2.04 bits per heavy atom. The second-order valence-corrected chi connectivity index (χ2v) is 8.77. The van der Waals surface area contributed by atoms with Gasteiger partial charge in [-0.15, -0.1) is 0 Å². The third-order valence-corrected chi connectivity index (χ3v) is 6.32. The van der Waals surface area contributed by atoms with Crippen molar-refractivity contribution >= 4 is 11.6 Å². The number of ketones is 2. The van der Waals surface area contributed by atoms with Crippen molar-refractivity contribution in [3.63, 3.8) is 0 Å². The van der Waals surface area contributed by atoms with Crippen molar-refractivity contribution in [2.75, 3.05) is 0 Å². The number of fused-ring (bicyclic) bond motifs is 1. The Bertz CT molecular complexity index is 536. The van der Waals surface area contributed by atoms with Crippen molar-refractivity contribution < 1.29 is 19.7 Å². The summed E-state index contributed by atoms with van der Waals surface area (Å²) in [5, 5.41) is 9.78. The number of Topliss-reactive ketones (excluding diaryl/α,β-unsaturated/α-hetero) is 1. The van der Waals surface area contributed by atoms with E-state index in [4.69, 9.17) is 4.89 Å². The third-order valence-electron chi connectivity index (χ3n) is 6.32. The third kappa shape index (κ3) is 3.50. The van der Waals surface area contributed by atoms with E-state index in [9.17, 15) is 14.8 Å². The van der Waals surface area contributed by atoms with Crippen LogP contribution in [-0.4, -0.2) is 22.4 Å². The molecule has 0 aromatic rings. The fourth-order valence-corrected chi connectivity index (χ4v) is 4.85. The van der Waals surface area contributed by atoms with Gasteiger partial charge < -0.3 is 0 Å². The first-order chi connectivity index (χ1) is 11.1. The van der Waals surface area contributed by atoms with Crippen LogP contribution in [0.4, 0.5) is 0 Å². The maximum Gasteiger partial charge on any atom is 0.156 e. The summed E-state index contributed by atoms with van der Waals surface area (Å²) in [6, 6.07) is 0. The van der Waals surface area contributed by atoms with Crippen LogP contribution in [-0.2, 0) is 14.5 Å². The van der Waals surface area contributed by atoms with Crippen LogP contribution in [0.25, 0.3) is 0 Å². The average Bonchev–Trinajstić information content (AvgIpc) is 2.45. The summed E-state index contributed by atoms with van der Waals surface area (Å²) >= 11 is 0. The minimum Gasteiger partial charge on any atom is -0.300 e. The van der Waals surface area contributed by atoms with Crippen molar-refractivity contribution in [1.29, 1.82) is 0 Å². The minimum absolute atomic E-state index is 0.112. The molecule has 4 atom stereocenters. The van der Waals surface area contributed by atoms with Crippen LogP contribution in [0.3, 0.4) is 0 Å². The molecule has 0 aromatic heterocycles. The van der Waals surface area contributed by atoms with Gasteiger partial charge in [0.15, 0.2) is 5.78 Å². The summed E-state index contributed by atoms with van der Waals surface area (Å²) in [7, 11) is 0. The number of carbonyl (C=O) groups is 2. The number of hydrogen-bond acceptors (Lipinski definition) is 4. The van der Waals surface area contributed by atoms with Gasteiger partial charge in [-0.1, -0.05) is 27.7 Å². The maximum atomic E-state index is 12.2. The Morgan fingerprint density at radius 3 is 2.62 bits per heavy atom. The molecule has 0 saturated heterocycles. The first-order valence-electron chi connectivity index (χ1n) is 9.19. The molecule has 2 rings (SSSR count). The SMILES string of the molecule is CC1=CC(=O)C[C@@]2(C)CC[C@H](C(C)CC(=O)CC(C)C)C[C@]12OO. The molecule has 0 amide bonds. The second-order valence-electron chi connectivity index (χ2n) is 8.77. The van der Waals surface area contributed by atoms with E-state index < -0.39 is 5.60 Å². The Morgan fingerprint density at radius 1 is 1.38 bits per heavy atom. The van der Waals surface area contributed by atoms with Gasteiger partial charge in [-0.2, -0.15) is 0 Å². The van der Waals surface area contributed by atoms with Crippen molar-refractivity contribution in [2.24, 2.45) is 23.2 Å². The van der Waals surface area contributed by atoms with Gasteiger partial charge in [0.2, 0.25) is 0 Å². The van der Waals surface area contributed by atoms with E-state index >= 15 is 0 Å². The lowest BCUT2D eigenvalue weighted by Gasteiger charge is -2.54. The predicted molar refractivity (Wildman–Crippen MR) is 93.5 cm³/mol. The quantitative estimate of drug-likeness (QED) is 0.569. The predicted octanol–water partition coefficient (Wildman–Crippen LogP) is 4.58. The van der Waals surface area contributed by atoms with Gasteiger partial charge in [0.05, 0.1) is 0 Å². The highest BCUT2D eigenvalue weighted by atomic mass is 17.1. The largest absolute Gasteiger partial charge is 0.300 e. The van der Waals surface area contributed by atoms with Crippen LogP contribution >= 0.6 is 0 Å². The molecule has 2 aliphatic rings. The molecule has 136 valence electrons. The fraction of sp³-hybridized carbons (Fsp3) is 0.800. The summed E-state index contributed by atoms with van der Waals surface area (Å²) in [5.41, 5.74) is -0.344. The van der Waals surface area contributed by atoms with Crippen LogP contribution in [0.5, 0.6) is 0 Å². The molecule has 0 heterocycles. The molecular formula is C20H32O4. The molecule has 24 heavy (non-hydrogen) atoms. The van der Waals surface area contributed by atoms with Gasteiger partial charge in [-0.25, -0.2) is 4.89 Å². The van der Waals surface area contributed by atoms with E-state index in [-0.39, 0.29) is 17.1 Å². The van der Waals surface area contributed by atoms with Crippen LogP contribution in [0.2, 0.25) is 0 Å². The fourth-order valence-electron chi connectivity index (χ4n) is 4.85. The monoisotopic (exact) mass is 336 g/mol. The first kappa shape index (κ1) is 19.3. The number of carbonyl (C=O) groups excluding carboxylic acids is 2. The summed E-state index contributed by atoms with van der Waals surface area (Å²) in [6.07, 6.45) is 5.72. The Kier molecular flexibility index (Phi) is 5.71. The van der Waals surface area contributed by atoms with E-state index in [1.54, 1.807) is 6.08 Å². The van der Waals surface area contributed by atoms with Crippen molar-refractivity contribution in [1.82, 2.24) is 0 Å². The summed E-state index contributed by atoms with van der Waals surface area (Å²) < 4.78 is 0. The van der Waals surface area contributed by atoms with Crippen LogP contribution in [0.15, 0.2) is 11.6 Å². The zero-order chi connectivity index (χ0) is 18.1. The molecule has 0 radical (unpaired) electrons. The lowest BCUT2D eigenvalue weighted by molar-refractivity contribution is -0.352. The molecule has 0 aliphatic heterocycles. The first-order valence-corrected chi connectivity index (χ1v) is 9.19. The summed E-state index contributed by atoms with van der Waals surface area (Å²) in [5.74, 6) is 1.40. The van der Waals surface area contributed by atoms with Gasteiger partial charge >= 0.3 is 0 Å². The molecule has 4 heteroatoms. The topological polar surface area (TPSA) is 63.6 Å². The van der Waals surface area contributed by atoms with E-state index in [1.807, 2.05) is 13.8 Å². The Hall–Kier alpha value is -1.00. The average molecular weight is 336 g/mol. The van der Waals surface area contributed by atoms with Crippen LogP contribution in [0.1, 0.15) is 73.1 Å². The van der Waals surface area contributed by atoms with Gasteiger partial charge in [-0.05, 0) is 55.6 Å². The van der Waals surface area contributed by atoms with Gasteiger partial charge in [0.25, 0.3) is 0 Å². The molecule has 4 nitrogen and oxygen atoms in total. The minimum atomic E-state index is -0.792. The molecule has 0 aromatic carbocycles. The highest BCUT2D eigenvalue weighted by Crippen LogP contribution is 2.57. The van der Waals surface area contributed by atoms with Gasteiger partial charge in [-0.3, -0.25) is 14.8 Å². The number of rotatable bonds is 6. The lowest BCUT2D eigenvalue weighted by Crippen LogP contribution is -2.56. The molecule has 1 fully saturated rings. The molecule has 1 unspecified atom stereocenters. The van der Waals surface area contributed by atoms with Gasteiger partial charge in [0.1, 0.15) is 11.4 Å². The maximum absolute atomic E-state index is 12.2. The van der Waals surface area contributed by atoms with E-state index in [1.165, 1.54) is 0 Å². The smallest absolute Gasteiger partial charge is 0.156 e. The lowest BCUT2D eigenvalue weighted by atomic mass is 9.53. The zero-order valence-electron chi connectivity index (χ0n) is 15.7. The Balaban J connectivity index is 2.16. The van der Waals surface area contributed by atoms with Gasteiger partial charge in [0, 0.05) is 24.7 Å². The zero-order valence-corrected chi connectivity index (χ0v) is 15.7. The number of allylic oxidation sites excluding steroid dienone is 1. The van der Waals surface area contributed by atoms with Crippen molar-refractivity contribution in [3.8, 4) is 0 Å². The molecular weight excluding hydrogens is 304 g/mol. The normalized spacial score (nSPS) is 34.7. The van der Waals surface area contributed by atoms with E-state index in [0.29, 0.717) is 43.3 Å². The molecule has 2 aliphatic carbocycles. The molecule has 0 spiro atoms. The molecule has 1 saturated carbocycles. The second kappa shape index (κ2) is 7.09. The highest BCUT2D eigenvalue weighted by Gasteiger charge is 2.57. The highest BCUT2D eigenvalue weighted by molar-refractivity contribution is 5.92. The molecule has 1 N–H and O–H groups in total. The van der Waals surface area contributed by atoms with Crippen LogP contribution in [0, 0.1) is 23.2 Å². The van der Waals surface area contributed by atoms with Crippen molar-refractivity contribution in [3.05, 3.63) is 11.6 Å². The number of hydrogen-bond donors (Lipinski definition) is 1. The van der Waals surface area contributed by atoms with Crippen molar-refractivity contribution in [2.45, 2.75) is 78.7 Å². The molecule has 0 bridgehead atoms. The van der Waals surface area contributed by atoms with E-state index in [2.05, 4.69) is 20.8 Å². The van der Waals surface area contributed by atoms with Crippen LogP contribution < -0.4 is 0 Å². The summed E-state index contributed by atoms with van der Waals surface area (Å²) in [6.45, 7) is 10.2. The van der Waals surface area contributed by atoms with E-state index in [0.717, 1.165) is 18.4 Å².